The minimum absolute atomic E-state index is 0.118. The lowest BCUT2D eigenvalue weighted by atomic mass is 10.3. The zero-order chi connectivity index (χ0) is 9.84. The van der Waals surface area contributed by atoms with Gasteiger partial charge < -0.3 is 15.6 Å². The lowest BCUT2D eigenvalue weighted by molar-refractivity contribution is -0.120. The summed E-state index contributed by atoms with van der Waals surface area (Å²) in [5, 5.41) is 6.06. The number of nitrogens with zero attached hydrogens (tertiary/aromatic N) is 2. The van der Waals surface area contributed by atoms with Crippen LogP contribution in [0.15, 0.2) is 4.52 Å². The van der Waals surface area contributed by atoms with Crippen LogP contribution in [0.25, 0.3) is 0 Å². The first-order valence-corrected chi connectivity index (χ1v) is 3.92. The number of hydrogen-bond donors (Lipinski definition) is 2. The highest BCUT2D eigenvalue weighted by Crippen LogP contribution is 2.05. The number of amides is 1. The average Bonchev–Trinajstić information content (AvgIpc) is 2.52. The molecule has 0 fully saturated rings. The van der Waals surface area contributed by atoms with E-state index in [1.807, 2.05) is 0 Å². The summed E-state index contributed by atoms with van der Waals surface area (Å²) in [6.45, 7) is 1.73. The van der Waals surface area contributed by atoms with Gasteiger partial charge in [0.25, 0.3) is 0 Å². The quantitative estimate of drug-likeness (QED) is 0.652. The highest BCUT2D eigenvalue weighted by Gasteiger charge is 2.11. The molecule has 0 aliphatic carbocycles. The van der Waals surface area contributed by atoms with Crippen LogP contribution in [0, 0.1) is 0 Å². The lowest BCUT2D eigenvalue weighted by Gasteiger charge is -1.93. The second-order valence-corrected chi connectivity index (χ2v) is 2.69. The third kappa shape index (κ3) is 2.51. The van der Waals surface area contributed by atoms with Crippen molar-refractivity contribution in [3.8, 4) is 0 Å². The molecule has 0 saturated heterocycles. The van der Waals surface area contributed by atoms with Crippen LogP contribution < -0.4 is 11.1 Å². The van der Waals surface area contributed by atoms with Crippen LogP contribution in [-0.2, 0) is 11.2 Å². The summed E-state index contributed by atoms with van der Waals surface area (Å²) in [5.41, 5.74) is 5.49. The normalized spacial score (nSPS) is 12.5. The van der Waals surface area contributed by atoms with Crippen LogP contribution in [-0.4, -0.2) is 23.1 Å². The Kier molecular flexibility index (Phi) is 2.97. The fourth-order valence-electron chi connectivity index (χ4n) is 0.756. The van der Waals surface area contributed by atoms with Gasteiger partial charge in [-0.3, -0.25) is 4.79 Å². The summed E-state index contributed by atoms with van der Waals surface area (Å²) in [6, 6.07) is -0.300. The third-order valence-corrected chi connectivity index (χ3v) is 1.47. The van der Waals surface area contributed by atoms with Crippen LogP contribution in [0.3, 0.4) is 0 Å². The van der Waals surface area contributed by atoms with Crippen molar-refractivity contribution in [1.29, 1.82) is 0 Å². The molecule has 72 valence electrons. The molecule has 0 saturated carbocycles. The molecule has 13 heavy (non-hydrogen) atoms. The van der Waals surface area contributed by atoms with Crippen molar-refractivity contribution < 1.29 is 9.32 Å². The molecule has 1 aromatic heterocycles. The van der Waals surface area contributed by atoms with E-state index in [2.05, 4.69) is 15.5 Å². The SMILES string of the molecule is CNC(=O)Cc1noc([C@H](C)N)n1. The van der Waals surface area contributed by atoms with Gasteiger partial charge in [-0.2, -0.15) is 4.98 Å². The fourth-order valence-corrected chi connectivity index (χ4v) is 0.756. The molecule has 3 N–H and O–H groups in total. The number of carbonyl (C=O) groups is 1. The van der Waals surface area contributed by atoms with Gasteiger partial charge in [0.1, 0.15) is 0 Å². The first kappa shape index (κ1) is 9.66. The van der Waals surface area contributed by atoms with E-state index < -0.39 is 0 Å². The van der Waals surface area contributed by atoms with Crippen molar-refractivity contribution in [3.05, 3.63) is 11.7 Å². The van der Waals surface area contributed by atoms with Crippen molar-refractivity contribution in [1.82, 2.24) is 15.5 Å². The summed E-state index contributed by atoms with van der Waals surface area (Å²) in [4.78, 5) is 14.8. The van der Waals surface area contributed by atoms with E-state index in [1.54, 1.807) is 14.0 Å². The van der Waals surface area contributed by atoms with E-state index in [9.17, 15) is 4.79 Å². The molecule has 6 heteroatoms. The van der Waals surface area contributed by atoms with Crippen LogP contribution in [0.2, 0.25) is 0 Å². The minimum atomic E-state index is -0.300. The summed E-state index contributed by atoms with van der Waals surface area (Å²) in [7, 11) is 1.55. The van der Waals surface area contributed by atoms with Gasteiger partial charge in [0.05, 0.1) is 12.5 Å². The number of hydrogen-bond acceptors (Lipinski definition) is 5. The molecule has 1 amide bonds. The van der Waals surface area contributed by atoms with E-state index in [0.29, 0.717) is 11.7 Å². The molecular formula is C7H12N4O2. The lowest BCUT2D eigenvalue weighted by Crippen LogP contribution is -2.20. The molecule has 1 atom stereocenters. The van der Waals surface area contributed by atoms with E-state index >= 15 is 0 Å². The average molecular weight is 184 g/mol. The Bertz CT molecular complexity index is 294. The number of aromatic nitrogens is 2. The van der Waals surface area contributed by atoms with Gasteiger partial charge in [0.15, 0.2) is 5.82 Å². The Balaban J connectivity index is 2.64. The number of nitrogens with two attached hydrogens (primary N) is 1. The van der Waals surface area contributed by atoms with E-state index in [0.717, 1.165) is 0 Å². The standard InChI is InChI=1S/C7H12N4O2/c1-4(8)7-10-5(11-13-7)3-6(12)9-2/h4H,3,8H2,1-2H3,(H,9,12)/t4-/m0/s1. The summed E-state index contributed by atoms with van der Waals surface area (Å²) in [6.07, 6.45) is 0.118. The second kappa shape index (κ2) is 3.99. The largest absolute Gasteiger partial charge is 0.359 e. The first-order chi connectivity index (χ1) is 6.13. The molecule has 0 bridgehead atoms. The van der Waals surface area contributed by atoms with Gasteiger partial charge in [-0.05, 0) is 6.92 Å². The molecular weight excluding hydrogens is 172 g/mol. The molecule has 1 rings (SSSR count). The van der Waals surface area contributed by atoms with Crippen molar-refractivity contribution in [2.75, 3.05) is 7.05 Å². The predicted octanol–water partition coefficient (Wildman–Crippen LogP) is -0.622. The monoisotopic (exact) mass is 184 g/mol. The van der Waals surface area contributed by atoms with E-state index in [1.165, 1.54) is 0 Å². The Morgan fingerprint density at radius 3 is 2.92 bits per heavy atom. The van der Waals surface area contributed by atoms with Crippen LogP contribution >= 0.6 is 0 Å². The second-order valence-electron chi connectivity index (χ2n) is 2.69. The van der Waals surface area contributed by atoms with Crippen molar-refractivity contribution in [3.63, 3.8) is 0 Å². The highest BCUT2D eigenvalue weighted by molar-refractivity contribution is 5.77. The van der Waals surface area contributed by atoms with Gasteiger partial charge in [0.2, 0.25) is 11.8 Å². The van der Waals surface area contributed by atoms with E-state index in [-0.39, 0.29) is 18.4 Å². The number of likely N-dealkylation sites (N-methyl/N-ethyl adjacent to an activating group) is 1. The zero-order valence-electron chi connectivity index (χ0n) is 7.57. The zero-order valence-corrected chi connectivity index (χ0v) is 7.57. The molecule has 0 radical (unpaired) electrons. The summed E-state index contributed by atoms with van der Waals surface area (Å²) >= 11 is 0. The Morgan fingerprint density at radius 2 is 2.46 bits per heavy atom. The van der Waals surface area contributed by atoms with Crippen molar-refractivity contribution in [2.45, 2.75) is 19.4 Å². The number of nitrogens with one attached hydrogen (secondary N) is 1. The molecule has 6 nitrogen and oxygen atoms in total. The van der Waals surface area contributed by atoms with Gasteiger partial charge in [-0.15, -0.1) is 0 Å². The Hall–Kier alpha value is -1.43. The first-order valence-electron chi connectivity index (χ1n) is 3.92. The molecule has 0 spiro atoms. The fraction of sp³-hybridized carbons (Fsp3) is 0.571. The van der Waals surface area contributed by atoms with Gasteiger partial charge in [0, 0.05) is 7.05 Å². The van der Waals surface area contributed by atoms with Gasteiger partial charge in [-0.1, -0.05) is 5.16 Å². The molecule has 1 aromatic rings. The number of carbonyl (C=O) groups excluding carboxylic acids is 1. The molecule has 0 aromatic carbocycles. The smallest absolute Gasteiger partial charge is 0.243 e. The Labute approximate surface area is 75.5 Å². The maximum absolute atomic E-state index is 10.9. The topological polar surface area (TPSA) is 94.0 Å². The van der Waals surface area contributed by atoms with Crippen LogP contribution in [0.5, 0.6) is 0 Å². The molecule has 0 aliphatic heterocycles. The Morgan fingerprint density at radius 1 is 1.77 bits per heavy atom. The summed E-state index contributed by atoms with van der Waals surface area (Å²) in [5.74, 6) is 0.544. The maximum atomic E-state index is 10.9. The predicted molar refractivity (Wildman–Crippen MR) is 44.7 cm³/mol. The van der Waals surface area contributed by atoms with Gasteiger partial charge in [-0.25, -0.2) is 0 Å². The third-order valence-electron chi connectivity index (χ3n) is 1.47. The van der Waals surface area contributed by atoms with Crippen molar-refractivity contribution >= 4 is 5.91 Å². The van der Waals surface area contributed by atoms with Crippen LogP contribution in [0.4, 0.5) is 0 Å². The molecule has 1 heterocycles. The molecule has 0 aliphatic rings. The van der Waals surface area contributed by atoms with Crippen LogP contribution in [0.1, 0.15) is 24.7 Å². The summed E-state index contributed by atoms with van der Waals surface area (Å²) < 4.78 is 4.81. The maximum Gasteiger partial charge on any atom is 0.243 e. The minimum Gasteiger partial charge on any atom is -0.359 e. The molecule has 0 unspecified atom stereocenters. The number of rotatable bonds is 3. The van der Waals surface area contributed by atoms with Gasteiger partial charge >= 0.3 is 0 Å². The van der Waals surface area contributed by atoms with E-state index in [4.69, 9.17) is 10.3 Å². The van der Waals surface area contributed by atoms with Crippen molar-refractivity contribution in [2.24, 2.45) is 5.73 Å². The highest BCUT2D eigenvalue weighted by atomic mass is 16.5.